The van der Waals surface area contributed by atoms with Gasteiger partial charge in [0.05, 0.1) is 0 Å². The molecule has 0 aliphatic carbocycles. The highest BCUT2D eigenvalue weighted by Gasteiger charge is 2.11. The fourth-order valence-electron chi connectivity index (χ4n) is 1.42. The van der Waals surface area contributed by atoms with Crippen molar-refractivity contribution in [3.05, 3.63) is 0 Å². The van der Waals surface area contributed by atoms with Crippen molar-refractivity contribution in [3.8, 4) is 0 Å². The standard InChI is InChI=1S/C10H23N/c1-5-7-8-10(11-4)9(3)6-2/h9-11H,5-8H2,1-4H3/t9?,10-/m0/s1. The van der Waals surface area contributed by atoms with Gasteiger partial charge in [-0.1, -0.05) is 40.0 Å². The zero-order chi connectivity index (χ0) is 8.69. The Bertz CT molecular complexity index is 80.9. The minimum absolute atomic E-state index is 0.736. The predicted octanol–water partition coefficient (Wildman–Crippen LogP) is 2.81. The number of rotatable bonds is 6. The summed E-state index contributed by atoms with van der Waals surface area (Å²) in [5, 5.41) is 3.39. The van der Waals surface area contributed by atoms with E-state index in [4.69, 9.17) is 0 Å². The molecule has 0 rings (SSSR count). The summed E-state index contributed by atoms with van der Waals surface area (Å²) < 4.78 is 0. The molecule has 68 valence electrons. The molecule has 11 heavy (non-hydrogen) atoms. The van der Waals surface area contributed by atoms with Crippen LogP contribution in [0.1, 0.15) is 46.5 Å². The highest BCUT2D eigenvalue weighted by molar-refractivity contribution is 4.69. The van der Waals surface area contributed by atoms with Gasteiger partial charge in [-0.15, -0.1) is 0 Å². The second kappa shape index (κ2) is 6.66. The first-order valence-electron chi connectivity index (χ1n) is 4.93. The molecule has 0 aliphatic rings. The van der Waals surface area contributed by atoms with Crippen molar-refractivity contribution >= 4 is 0 Å². The van der Waals surface area contributed by atoms with Gasteiger partial charge in [0.1, 0.15) is 0 Å². The van der Waals surface area contributed by atoms with Crippen LogP contribution in [0, 0.1) is 5.92 Å². The van der Waals surface area contributed by atoms with Crippen molar-refractivity contribution in [2.45, 2.75) is 52.5 Å². The Kier molecular flexibility index (Phi) is 6.63. The normalized spacial score (nSPS) is 16.4. The van der Waals surface area contributed by atoms with Crippen LogP contribution < -0.4 is 5.32 Å². The lowest BCUT2D eigenvalue weighted by Crippen LogP contribution is -2.31. The van der Waals surface area contributed by atoms with E-state index in [1.807, 2.05) is 0 Å². The molecule has 0 aromatic rings. The van der Waals surface area contributed by atoms with Crippen molar-refractivity contribution in [2.75, 3.05) is 7.05 Å². The zero-order valence-corrected chi connectivity index (χ0v) is 8.48. The van der Waals surface area contributed by atoms with Crippen LogP contribution in [0.3, 0.4) is 0 Å². The van der Waals surface area contributed by atoms with Crippen LogP contribution in [0.4, 0.5) is 0 Å². The first kappa shape index (κ1) is 11.0. The fraction of sp³-hybridized carbons (Fsp3) is 1.00. The smallest absolute Gasteiger partial charge is 0.00895 e. The first-order chi connectivity index (χ1) is 5.26. The molecule has 0 heterocycles. The van der Waals surface area contributed by atoms with Crippen LogP contribution in [0.5, 0.6) is 0 Å². The minimum Gasteiger partial charge on any atom is -0.317 e. The largest absolute Gasteiger partial charge is 0.317 e. The van der Waals surface area contributed by atoms with Gasteiger partial charge in [0.25, 0.3) is 0 Å². The monoisotopic (exact) mass is 157 g/mol. The SMILES string of the molecule is CCCC[C@H](NC)C(C)CC. The Balaban J connectivity index is 3.56. The summed E-state index contributed by atoms with van der Waals surface area (Å²) in [6.07, 6.45) is 5.29. The first-order valence-corrected chi connectivity index (χ1v) is 4.93. The van der Waals surface area contributed by atoms with Gasteiger partial charge in [-0.25, -0.2) is 0 Å². The maximum Gasteiger partial charge on any atom is 0.00895 e. The van der Waals surface area contributed by atoms with Crippen LogP contribution in [0.25, 0.3) is 0 Å². The summed E-state index contributed by atoms with van der Waals surface area (Å²) in [7, 11) is 2.08. The van der Waals surface area contributed by atoms with E-state index in [0.717, 1.165) is 12.0 Å². The molecule has 0 amide bonds. The second-order valence-corrected chi connectivity index (χ2v) is 3.42. The lowest BCUT2D eigenvalue weighted by atomic mass is 9.95. The molecule has 0 spiro atoms. The summed E-state index contributed by atoms with van der Waals surface area (Å²) in [4.78, 5) is 0. The Morgan fingerprint density at radius 1 is 1.27 bits per heavy atom. The van der Waals surface area contributed by atoms with Crippen molar-refractivity contribution in [2.24, 2.45) is 5.92 Å². The summed E-state index contributed by atoms with van der Waals surface area (Å²) >= 11 is 0. The molecule has 0 aromatic heterocycles. The van der Waals surface area contributed by atoms with E-state index in [2.05, 4.69) is 33.1 Å². The van der Waals surface area contributed by atoms with E-state index in [0.29, 0.717) is 0 Å². The van der Waals surface area contributed by atoms with Crippen molar-refractivity contribution < 1.29 is 0 Å². The van der Waals surface area contributed by atoms with E-state index in [1.54, 1.807) is 0 Å². The van der Waals surface area contributed by atoms with E-state index >= 15 is 0 Å². The summed E-state index contributed by atoms with van der Waals surface area (Å²) in [5.74, 6) is 0.826. The van der Waals surface area contributed by atoms with E-state index in [1.165, 1.54) is 25.7 Å². The quantitative estimate of drug-likeness (QED) is 0.625. The maximum absolute atomic E-state index is 3.39. The van der Waals surface area contributed by atoms with E-state index in [-0.39, 0.29) is 0 Å². The lowest BCUT2D eigenvalue weighted by molar-refractivity contribution is 0.360. The third kappa shape index (κ3) is 4.41. The molecule has 0 saturated heterocycles. The molecule has 0 radical (unpaired) electrons. The topological polar surface area (TPSA) is 12.0 Å². The van der Waals surface area contributed by atoms with Gasteiger partial charge in [-0.3, -0.25) is 0 Å². The average molecular weight is 157 g/mol. The zero-order valence-electron chi connectivity index (χ0n) is 8.48. The van der Waals surface area contributed by atoms with Gasteiger partial charge < -0.3 is 5.32 Å². The molecule has 1 nitrogen and oxygen atoms in total. The highest BCUT2D eigenvalue weighted by atomic mass is 14.9. The Morgan fingerprint density at radius 2 is 1.91 bits per heavy atom. The lowest BCUT2D eigenvalue weighted by Gasteiger charge is -2.21. The van der Waals surface area contributed by atoms with Crippen molar-refractivity contribution in [1.82, 2.24) is 5.32 Å². The summed E-state index contributed by atoms with van der Waals surface area (Å²) in [6.45, 7) is 6.85. The van der Waals surface area contributed by atoms with E-state index in [9.17, 15) is 0 Å². The molecular weight excluding hydrogens is 134 g/mol. The molecule has 1 unspecified atom stereocenters. The van der Waals surface area contributed by atoms with Gasteiger partial charge in [-0.05, 0) is 19.4 Å². The van der Waals surface area contributed by atoms with Gasteiger partial charge in [0, 0.05) is 6.04 Å². The molecule has 2 atom stereocenters. The van der Waals surface area contributed by atoms with Gasteiger partial charge in [0.15, 0.2) is 0 Å². The Hall–Kier alpha value is -0.0400. The van der Waals surface area contributed by atoms with Gasteiger partial charge in [-0.2, -0.15) is 0 Å². The van der Waals surface area contributed by atoms with Crippen LogP contribution in [0.2, 0.25) is 0 Å². The maximum atomic E-state index is 3.39. The van der Waals surface area contributed by atoms with Crippen LogP contribution >= 0.6 is 0 Å². The predicted molar refractivity (Wildman–Crippen MR) is 51.8 cm³/mol. The number of hydrogen-bond acceptors (Lipinski definition) is 1. The number of unbranched alkanes of at least 4 members (excludes halogenated alkanes) is 1. The third-order valence-corrected chi connectivity index (χ3v) is 2.57. The van der Waals surface area contributed by atoms with Crippen LogP contribution in [0.15, 0.2) is 0 Å². The molecule has 0 fully saturated rings. The van der Waals surface area contributed by atoms with Crippen molar-refractivity contribution in [1.29, 1.82) is 0 Å². The molecule has 1 heteroatoms. The number of hydrogen-bond donors (Lipinski definition) is 1. The number of nitrogens with one attached hydrogen (secondary N) is 1. The van der Waals surface area contributed by atoms with Gasteiger partial charge in [0.2, 0.25) is 0 Å². The second-order valence-electron chi connectivity index (χ2n) is 3.42. The molecule has 1 N–H and O–H groups in total. The minimum atomic E-state index is 0.736. The fourth-order valence-corrected chi connectivity index (χ4v) is 1.42. The van der Waals surface area contributed by atoms with Crippen LogP contribution in [-0.2, 0) is 0 Å². The molecule has 0 aromatic carbocycles. The third-order valence-electron chi connectivity index (χ3n) is 2.57. The summed E-state index contributed by atoms with van der Waals surface area (Å²) in [5.41, 5.74) is 0. The Morgan fingerprint density at radius 3 is 2.27 bits per heavy atom. The molecule has 0 saturated carbocycles. The van der Waals surface area contributed by atoms with Gasteiger partial charge >= 0.3 is 0 Å². The summed E-state index contributed by atoms with van der Waals surface area (Å²) in [6, 6.07) is 0.736. The van der Waals surface area contributed by atoms with E-state index < -0.39 is 0 Å². The Labute approximate surface area is 71.6 Å². The molecule has 0 aliphatic heterocycles. The van der Waals surface area contributed by atoms with Crippen molar-refractivity contribution in [3.63, 3.8) is 0 Å². The van der Waals surface area contributed by atoms with Crippen LogP contribution in [-0.4, -0.2) is 13.1 Å². The average Bonchev–Trinajstić information content (AvgIpc) is 2.05. The molecular formula is C10H23N. The molecule has 0 bridgehead atoms. The highest BCUT2D eigenvalue weighted by Crippen LogP contribution is 2.12.